The van der Waals surface area contributed by atoms with E-state index < -0.39 is 0 Å². The zero-order valence-corrected chi connectivity index (χ0v) is 19.0. The zero-order valence-electron chi connectivity index (χ0n) is 19.0. The molecule has 0 saturated heterocycles. The Kier molecular flexibility index (Phi) is 11.6. The Morgan fingerprint density at radius 2 is 1.29 bits per heavy atom. The summed E-state index contributed by atoms with van der Waals surface area (Å²) in [7, 11) is 0. The van der Waals surface area contributed by atoms with Crippen molar-refractivity contribution in [2.24, 2.45) is 17.3 Å². The van der Waals surface area contributed by atoms with Crippen molar-refractivity contribution >= 4 is 0 Å². The van der Waals surface area contributed by atoms with Gasteiger partial charge in [-0.25, -0.2) is 0 Å². The molecule has 162 valence electrons. The van der Waals surface area contributed by atoms with Crippen molar-refractivity contribution in [3.63, 3.8) is 0 Å². The summed E-state index contributed by atoms with van der Waals surface area (Å²) < 4.78 is 6.33. The van der Waals surface area contributed by atoms with Crippen LogP contribution in [-0.4, -0.2) is 12.7 Å². The van der Waals surface area contributed by atoms with Crippen LogP contribution in [0.5, 0.6) is 0 Å². The zero-order chi connectivity index (χ0) is 20.1. The molecule has 0 radical (unpaired) electrons. The summed E-state index contributed by atoms with van der Waals surface area (Å²) >= 11 is 0. The van der Waals surface area contributed by atoms with Gasteiger partial charge in [0.25, 0.3) is 0 Å². The molecule has 0 bridgehead atoms. The SMILES string of the molecule is CCCCCCCC1CCC(C#N)(COC2CCC(CCCCC)CC2)CC1. The van der Waals surface area contributed by atoms with Crippen LogP contribution >= 0.6 is 0 Å². The van der Waals surface area contributed by atoms with E-state index in [4.69, 9.17) is 4.74 Å². The van der Waals surface area contributed by atoms with Gasteiger partial charge >= 0.3 is 0 Å². The maximum atomic E-state index is 9.86. The summed E-state index contributed by atoms with van der Waals surface area (Å²) in [4.78, 5) is 0. The van der Waals surface area contributed by atoms with E-state index in [1.165, 1.54) is 103 Å². The smallest absolute Gasteiger partial charge is 0.0807 e. The Morgan fingerprint density at radius 1 is 0.750 bits per heavy atom. The van der Waals surface area contributed by atoms with Crippen LogP contribution in [0, 0.1) is 28.6 Å². The normalized spacial score (nSPS) is 30.8. The van der Waals surface area contributed by atoms with Gasteiger partial charge in [0.15, 0.2) is 0 Å². The molecule has 0 spiro atoms. The molecular weight excluding hydrogens is 342 g/mol. The highest BCUT2D eigenvalue weighted by molar-refractivity contribution is 5.02. The molecule has 2 saturated carbocycles. The van der Waals surface area contributed by atoms with E-state index in [-0.39, 0.29) is 5.41 Å². The van der Waals surface area contributed by atoms with Gasteiger partial charge in [-0.15, -0.1) is 0 Å². The summed E-state index contributed by atoms with van der Waals surface area (Å²) in [5.74, 6) is 1.80. The molecule has 2 rings (SSSR count). The van der Waals surface area contributed by atoms with Gasteiger partial charge in [-0.2, -0.15) is 5.26 Å². The molecule has 28 heavy (non-hydrogen) atoms. The number of hydrogen-bond donors (Lipinski definition) is 0. The van der Waals surface area contributed by atoms with Gasteiger partial charge in [-0.3, -0.25) is 0 Å². The van der Waals surface area contributed by atoms with Crippen LogP contribution in [0.3, 0.4) is 0 Å². The lowest BCUT2D eigenvalue weighted by molar-refractivity contribution is -0.0300. The van der Waals surface area contributed by atoms with Gasteiger partial charge < -0.3 is 4.74 Å². The first-order valence-corrected chi connectivity index (χ1v) is 12.7. The van der Waals surface area contributed by atoms with Crippen molar-refractivity contribution in [1.82, 2.24) is 0 Å². The van der Waals surface area contributed by atoms with Crippen LogP contribution in [0.4, 0.5) is 0 Å². The van der Waals surface area contributed by atoms with Gasteiger partial charge in [0.05, 0.1) is 24.2 Å². The Morgan fingerprint density at radius 3 is 1.89 bits per heavy atom. The number of hydrogen-bond acceptors (Lipinski definition) is 2. The summed E-state index contributed by atoms with van der Waals surface area (Å²) in [6, 6.07) is 2.68. The lowest BCUT2D eigenvalue weighted by atomic mass is 9.70. The summed E-state index contributed by atoms with van der Waals surface area (Å²) in [6.45, 7) is 5.26. The van der Waals surface area contributed by atoms with E-state index in [0.717, 1.165) is 24.7 Å². The Balaban J connectivity index is 1.61. The van der Waals surface area contributed by atoms with E-state index in [1.807, 2.05) is 0 Å². The molecule has 2 heteroatoms. The molecule has 0 aromatic rings. The largest absolute Gasteiger partial charge is 0.377 e. The monoisotopic (exact) mass is 389 g/mol. The third-order valence-electron chi connectivity index (χ3n) is 7.62. The van der Waals surface area contributed by atoms with Crippen molar-refractivity contribution in [1.29, 1.82) is 5.26 Å². The summed E-state index contributed by atoms with van der Waals surface area (Å²) in [5.41, 5.74) is -0.184. The Hall–Kier alpha value is -0.550. The van der Waals surface area contributed by atoms with Gasteiger partial charge in [0.2, 0.25) is 0 Å². The highest BCUT2D eigenvalue weighted by atomic mass is 16.5. The first-order valence-electron chi connectivity index (χ1n) is 12.7. The lowest BCUT2D eigenvalue weighted by Crippen LogP contribution is -2.34. The molecule has 0 heterocycles. The number of ether oxygens (including phenoxy) is 1. The van der Waals surface area contributed by atoms with E-state index in [1.54, 1.807) is 0 Å². The van der Waals surface area contributed by atoms with Crippen LogP contribution in [0.2, 0.25) is 0 Å². The van der Waals surface area contributed by atoms with Crippen LogP contribution in [0.15, 0.2) is 0 Å². The lowest BCUT2D eigenvalue weighted by Gasteiger charge is -2.37. The third kappa shape index (κ3) is 8.44. The van der Waals surface area contributed by atoms with Gasteiger partial charge in [0.1, 0.15) is 0 Å². The fourth-order valence-corrected chi connectivity index (χ4v) is 5.39. The molecule has 0 atom stereocenters. The average molecular weight is 390 g/mol. The molecule has 0 unspecified atom stereocenters. The van der Waals surface area contributed by atoms with Gasteiger partial charge in [-0.05, 0) is 63.2 Å². The quantitative estimate of drug-likeness (QED) is 0.297. The van der Waals surface area contributed by atoms with Crippen LogP contribution in [-0.2, 0) is 4.74 Å². The molecule has 0 aromatic heterocycles. The van der Waals surface area contributed by atoms with Crippen LogP contribution in [0.1, 0.15) is 129 Å². The molecule has 0 N–H and O–H groups in total. The number of nitrogens with zero attached hydrogens (tertiary/aromatic N) is 1. The number of unbranched alkanes of at least 4 members (excludes halogenated alkanes) is 6. The Bertz CT molecular complexity index is 424. The first-order chi connectivity index (χ1) is 13.7. The second kappa shape index (κ2) is 13.6. The number of rotatable bonds is 13. The predicted molar refractivity (Wildman–Crippen MR) is 119 cm³/mol. The molecule has 2 aliphatic carbocycles. The molecule has 2 fully saturated rings. The van der Waals surface area contributed by atoms with Crippen molar-refractivity contribution in [2.75, 3.05) is 6.61 Å². The first kappa shape index (κ1) is 23.7. The Labute approximate surface area is 175 Å². The summed E-state index contributed by atoms with van der Waals surface area (Å²) in [6.07, 6.45) is 24.0. The minimum absolute atomic E-state index is 0.184. The topological polar surface area (TPSA) is 33.0 Å². The second-order valence-electron chi connectivity index (χ2n) is 9.99. The van der Waals surface area contributed by atoms with Gasteiger partial charge in [-0.1, -0.05) is 78.1 Å². The summed E-state index contributed by atoms with van der Waals surface area (Å²) in [5, 5.41) is 9.86. The minimum Gasteiger partial charge on any atom is -0.377 e. The fourth-order valence-electron chi connectivity index (χ4n) is 5.39. The van der Waals surface area contributed by atoms with Crippen molar-refractivity contribution in [3.8, 4) is 6.07 Å². The van der Waals surface area contributed by atoms with Crippen LogP contribution in [0.25, 0.3) is 0 Å². The van der Waals surface area contributed by atoms with E-state index in [9.17, 15) is 5.26 Å². The molecule has 0 aromatic carbocycles. The maximum Gasteiger partial charge on any atom is 0.0807 e. The predicted octanol–water partition coefficient (Wildman–Crippen LogP) is 8.20. The standard InChI is InChI=1S/C26H47NO/c1-3-5-7-8-10-12-24-17-19-26(21-27,20-18-24)22-28-25-15-13-23(14-16-25)11-9-6-4-2/h23-25H,3-20,22H2,1-2H3. The third-order valence-corrected chi connectivity index (χ3v) is 7.62. The van der Waals surface area contributed by atoms with E-state index in [2.05, 4.69) is 19.9 Å². The van der Waals surface area contributed by atoms with Crippen molar-refractivity contribution < 1.29 is 4.74 Å². The van der Waals surface area contributed by atoms with Crippen LogP contribution < -0.4 is 0 Å². The minimum atomic E-state index is -0.184. The maximum absolute atomic E-state index is 9.86. The second-order valence-corrected chi connectivity index (χ2v) is 9.99. The molecule has 0 aliphatic heterocycles. The fraction of sp³-hybridized carbons (Fsp3) is 0.962. The molecular formula is C26H47NO. The van der Waals surface area contributed by atoms with E-state index in [0.29, 0.717) is 12.7 Å². The van der Waals surface area contributed by atoms with Crippen molar-refractivity contribution in [2.45, 2.75) is 136 Å². The van der Waals surface area contributed by atoms with Crippen molar-refractivity contribution in [3.05, 3.63) is 0 Å². The number of nitriles is 1. The van der Waals surface area contributed by atoms with Gasteiger partial charge in [0, 0.05) is 0 Å². The average Bonchev–Trinajstić information content (AvgIpc) is 2.74. The molecule has 0 amide bonds. The molecule has 2 aliphatic rings. The molecule has 2 nitrogen and oxygen atoms in total. The highest BCUT2D eigenvalue weighted by Crippen LogP contribution is 2.41. The van der Waals surface area contributed by atoms with E-state index >= 15 is 0 Å². The highest BCUT2D eigenvalue weighted by Gasteiger charge is 2.36.